The van der Waals surface area contributed by atoms with Crippen LogP contribution in [0.25, 0.3) is 0 Å². The van der Waals surface area contributed by atoms with Crippen LogP contribution in [0.1, 0.15) is 38.1 Å². The van der Waals surface area contributed by atoms with Crippen LogP contribution in [-0.2, 0) is 20.6 Å². The fourth-order valence-corrected chi connectivity index (χ4v) is 3.25. The van der Waals surface area contributed by atoms with E-state index in [0.29, 0.717) is 23.8 Å². The number of hydrogen-bond donors (Lipinski definition) is 2. The number of aliphatic carboxylic acids is 1. The van der Waals surface area contributed by atoms with Gasteiger partial charge in [-0.25, -0.2) is 13.1 Å². The normalized spacial score (nSPS) is 13.5. The van der Waals surface area contributed by atoms with Crippen molar-refractivity contribution in [2.45, 2.75) is 39.4 Å². The minimum absolute atomic E-state index is 0.0518. The van der Waals surface area contributed by atoms with Gasteiger partial charge in [-0.05, 0) is 25.2 Å². The highest BCUT2D eigenvalue weighted by Crippen LogP contribution is 2.15. The van der Waals surface area contributed by atoms with Gasteiger partial charge in [-0.15, -0.1) is 0 Å². The molecule has 1 atom stereocenters. The zero-order valence-electron chi connectivity index (χ0n) is 12.5. The maximum absolute atomic E-state index is 11.9. The first-order chi connectivity index (χ1) is 9.68. The predicted octanol–water partition coefficient (Wildman–Crippen LogP) is 1.54. The smallest absolute Gasteiger partial charge is 0.303 e. The quantitative estimate of drug-likeness (QED) is 0.714. The van der Waals surface area contributed by atoms with Crippen LogP contribution < -0.4 is 4.72 Å². The summed E-state index contributed by atoms with van der Waals surface area (Å²) in [5.74, 6) is -0.574. The number of carbonyl (C=O) groups is 1. The first-order valence-electron chi connectivity index (χ1n) is 6.79. The third-order valence-electron chi connectivity index (χ3n) is 2.87. The van der Waals surface area contributed by atoms with Gasteiger partial charge in [-0.2, -0.15) is 0 Å². The van der Waals surface area contributed by atoms with Crippen LogP contribution >= 0.6 is 0 Å². The molecule has 7 nitrogen and oxygen atoms in total. The highest BCUT2D eigenvalue weighted by molar-refractivity contribution is 7.88. The molecule has 1 heterocycles. The van der Waals surface area contributed by atoms with Crippen molar-refractivity contribution in [2.75, 3.05) is 6.54 Å². The lowest BCUT2D eigenvalue weighted by molar-refractivity contribution is -0.138. The molecule has 0 saturated carbocycles. The van der Waals surface area contributed by atoms with Crippen molar-refractivity contribution in [3.8, 4) is 0 Å². The van der Waals surface area contributed by atoms with Gasteiger partial charge >= 0.3 is 5.97 Å². The number of carboxylic acid groups (broad SMARTS) is 1. The van der Waals surface area contributed by atoms with Gasteiger partial charge in [0.2, 0.25) is 10.0 Å². The second-order valence-corrected chi connectivity index (χ2v) is 7.44. The number of sulfonamides is 1. The van der Waals surface area contributed by atoms with Crippen molar-refractivity contribution in [1.29, 1.82) is 0 Å². The lowest BCUT2D eigenvalue weighted by atomic mass is 9.94. The summed E-state index contributed by atoms with van der Waals surface area (Å²) in [6, 6.07) is 1.56. The van der Waals surface area contributed by atoms with E-state index in [1.54, 1.807) is 13.0 Å². The molecule has 120 valence electrons. The molecule has 0 saturated heterocycles. The zero-order chi connectivity index (χ0) is 16.0. The van der Waals surface area contributed by atoms with Crippen LogP contribution in [0.3, 0.4) is 0 Å². The van der Waals surface area contributed by atoms with E-state index in [1.165, 1.54) is 0 Å². The molecule has 0 aliphatic heterocycles. The summed E-state index contributed by atoms with van der Waals surface area (Å²) in [6.07, 6.45) is 0.599. The monoisotopic (exact) mass is 318 g/mol. The highest BCUT2D eigenvalue weighted by Gasteiger charge is 2.20. The second-order valence-electron chi connectivity index (χ2n) is 5.63. The number of rotatable bonds is 9. The molecule has 0 bridgehead atoms. The van der Waals surface area contributed by atoms with E-state index < -0.39 is 16.0 Å². The van der Waals surface area contributed by atoms with Crippen LogP contribution in [0.2, 0.25) is 0 Å². The zero-order valence-corrected chi connectivity index (χ0v) is 13.3. The highest BCUT2D eigenvalue weighted by atomic mass is 32.2. The van der Waals surface area contributed by atoms with Crippen molar-refractivity contribution >= 4 is 16.0 Å². The average molecular weight is 318 g/mol. The van der Waals surface area contributed by atoms with Gasteiger partial charge in [0.05, 0.1) is 0 Å². The standard InChI is InChI=1S/C13H22N2O5S/c1-9(2)4-11(6-13(16)17)7-14-21(18,19)8-12-5-10(3)20-15-12/h5,9,11,14H,4,6-8H2,1-3H3,(H,16,17)/t11-/m0/s1. The minimum Gasteiger partial charge on any atom is -0.481 e. The minimum atomic E-state index is -3.55. The molecule has 0 spiro atoms. The predicted molar refractivity (Wildman–Crippen MR) is 77.1 cm³/mol. The van der Waals surface area contributed by atoms with Crippen LogP contribution in [0.15, 0.2) is 10.6 Å². The van der Waals surface area contributed by atoms with Crippen LogP contribution in [0, 0.1) is 18.8 Å². The number of aryl methyl sites for hydroxylation is 1. The van der Waals surface area contributed by atoms with Gasteiger partial charge in [-0.3, -0.25) is 4.79 Å². The van der Waals surface area contributed by atoms with Crippen molar-refractivity contribution in [3.63, 3.8) is 0 Å². The van der Waals surface area contributed by atoms with Gasteiger partial charge in [0.1, 0.15) is 17.2 Å². The molecule has 2 N–H and O–H groups in total. The summed E-state index contributed by atoms with van der Waals surface area (Å²) >= 11 is 0. The lowest BCUT2D eigenvalue weighted by Crippen LogP contribution is -2.32. The first kappa shape index (κ1) is 17.6. The number of aromatic nitrogens is 1. The largest absolute Gasteiger partial charge is 0.481 e. The van der Waals surface area contributed by atoms with E-state index in [9.17, 15) is 13.2 Å². The first-order valence-corrected chi connectivity index (χ1v) is 8.44. The van der Waals surface area contributed by atoms with Gasteiger partial charge in [-0.1, -0.05) is 19.0 Å². The fraction of sp³-hybridized carbons (Fsp3) is 0.692. The molecule has 8 heteroatoms. The van der Waals surface area contributed by atoms with Gasteiger partial charge in [0.15, 0.2) is 0 Å². The fourth-order valence-electron chi connectivity index (χ4n) is 2.13. The Balaban J connectivity index is 2.58. The van der Waals surface area contributed by atoms with Crippen molar-refractivity contribution in [1.82, 2.24) is 9.88 Å². The van der Waals surface area contributed by atoms with Gasteiger partial charge in [0, 0.05) is 19.0 Å². The SMILES string of the molecule is Cc1cc(CS(=O)(=O)NC[C@H](CC(=O)O)CC(C)C)no1. The summed E-state index contributed by atoms with van der Waals surface area (Å²) < 4.78 is 31.2. The molecule has 0 radical (unpaired) electrons. The summed E-state index contributed by atoms with van der Waals surface area (Å²) in [5, 5.41) is 12.5. The number of hydrogen-bond acceptors (Lipinski definition) is 5. The molecule has 1 aromatic rings. The summed E-state index contributed by atoms with van der Waals surface area (Å²) in [7, 11) is -3.55. The summed E-state index contributed by atoms with van der Waals surface area (Å²) in [6.45, 7) is 5.74. The average Bonchev–Trinajstić information content (AvgIpc) is 2.69. The van der Waals surface area contributed by atoms with Crippen LogP contribution in [0.5, 0.6) is 0 Å². The molecular weight excluding hydrogens is 296 g/mol. The number of nitrogens with one attached hydrogen (secondary N) is 1. The maximum atomic E-state index is 11.9. The van der Waals surface area contributed by atoms with Crippen molar-refractivity contribution in [2.24, 2.45) is 11.8 Å². The van der Waals surface area contributed by atoms with E-state index in [2.05, 4.69) is 9.88 Å². The van der Waals surface area contributed by atoms with E-state index in [0.717, 1.165) is 0 Å². The topological polar surface area (TPSA) is 110 Å². The second kappa shape index (κ2) is 7.56. The summed E-state index contributed by atoms with van der Waals surface area (Å²) in [5.41, 5.74) is 0.332. The van der Waals surface area contributed by atoms with E-state index >= 15 is 0 Å². The Morgan fingerprint density at radius 3 is 2.62 bits per heavy atom. The number of carboxylic acids is 1. The molecule has 0 aliphatic carbocycles. The molecule has 21 heavy (non-hydrogen) atoms. The van der Waals surface area contributed by atoms with Crippen molar-refractivity contribution in [3.05, 3.63) is 17.5 Å². The number of nitrogens with zero attached hydrogens (tertiary/aromatic N) is 1. The van der Waals surface area contributed by atoms with E-state index in [1.807, 2.05) is 13.8 Å². The Labute approximate surface area is 124 Å². The molecule has 0 aliphatic rings. The molecule has 1 rings (SSSR count). The molecule has 0 unspecified atom stereocenters. The Morgan fingerprint density at radius 2 is 2.14 bits per heavy atom. The third-order valence-corrected chi connectivity index (χ3v) is 4.16. The molecule has 0 fully saturated rings. The van der Waals surface area contributed by atoms with Crippen molar-refractivity contribution < 1.29 is 22.8 Å². The van der Waals surface area contributed by atoms with E-state index in [4.69, 9.17) is 9.63 Å². The molecule has 0 amide bonds. The Bertz CT molecular complexity index is 565. The van der Waals surface area contributed by atoms with Gasteiger partial charge < -0.3 is 9.63 Å². The van der Waals surface area contributed by atoms with Crippen LogP contribution in [0.4, 0.5) is 0 Å². The van der Waals surface area contributed by atoms with Crippen LogP contribution in [-0.4, -0.2) is 31.2 Å². The summed E-state index contributed by atoms with van der Waals surface area (Å²) in [4.78, 5) is 10.8. The molecule has 0 aromatic carbocycles. The Kier molecular flexibility index (Phi) is 6.35. The van der Waals surface area contributed by atoms with E-state index in [-0.39, 0.29) is 24.6 Å². The lowest BCUT2D eigenvalue weighted by Gasteiger charge is -2.17. The Morgan fingerprint density at radius 1 is 1.48 bits per heavy atom. The van der Waals surface area contributed by atoms with Gasteiger partial charge in [0.25, 0.3) is 0 Å². The molecule has 1 aromatic heterocycles. The third kappa shape index (κ3) is 7.24. The maximum Gasteiger partial charge on any atom is 0.303 e. The Hall–Kier alpha value is -1.41. The molecular formula is C13H22N2O5S.